The number of rotatable bonds is 69. The molecule has 17 unspecified atom stereocenters. The Kier molecular flexibility index (Phi) is 59.4. The third kappa shape index (κ3) is 43.5. The van der Waals surface area contributed by atoms with Crippen molar-refractivity contribution in [2.45, 2.75) is 471 Å². The molecule has 17 atom stereocenters. The van der Waals surface area contributed by atoms with Crippen molar-refractivity contribution in [3.8, 4) is 0 Å². The van der Waals surface area contributed by atoms with Crippen LogP contribution in [0.3, 0.4) is 0 Å². The van der Waals surface area contributed by atoms with Crippen molar-refractivity contribution < 1.29 is 89.4 Å². The first-order valence-electron chi connectivity index (χ1n) is 42.6. The lowest BCUT2D eigenvalue weighted by Gasteiger charge is -2.48. The van der Waals surface area contributed by atoms with Crippen LogP contribution in [-0.4, -0.2) is 193 Å². The number of nitrogens with one attached hydrogen (secondary N) is 1. The molecule has 19 nitrogen and oxygen atoms in total. The SMILES string of the molecule is CCCCCCCCCCCCCCCCCCCCCCCCCCCCC/C=C/CC/C=C/C(O)C(COC1OC(CO)C(OC2OC(CO)C(OC3OC(CO)C(O)C(O)C3O)C(O)C2O)C(O)C1O)NC(=O)CCCCCCCCCCCCCCCCCCCCCCCCCC. The lowest BCUT2D eigenvalue weighted by atomic mass is 9.96. The van der Waals surface area contributed by atoms with Crippen molar-refractivity contribution >= 4 is 5.91 Å². The van der Waals surface area contributed by atoms with E-state index in [0.29, 0.717) is 12.8 Å². The van der Waals surface area contributed by atoms with Crippen molar-refractivity contribution in [2.24, 2.45) is 0 Å². The quantitative estimate of drug-likeness (QED) is 0.0199. The highest BCUT2D eigenvalue weighted by Crippen LogP contribution is 2.33. The number of allylic oxidation sites excluding steroid dienone is 3. The first-order chi connectivity index (χ1) is 49.8. The Morgan fingerprint density at radius 2 is 0.627 bits per heavy atom. The van der Waals surface area contributed by atoms with Gasteiger partial charge in [-0.05, 0) is 32.1 Å². The average molecular weight is 1460 g/mol. The molecule has 3 fully saturated rings. The van der Waals surface area contributed by atoms with Crippen LogP contribution >= 0.6 is 0 Å². The lowest BCUT2D eigenvalue weighted by Crippen LogP contribution is -2.66. The molecule has 3 rings (SSSR count). The van der Waals surface area contributed by atoms with Gasteiger partial charge in [0.2, 0.25) is 5.91 Å². The number of aliphatic hydroxyl groups is 11. The molecule has 0 bridgehead atoms. The number of aliphatic hydroxyl groups excluding tert-OH is 11. The van der Waals surface area contributed by atoms with Gasteiger partial charge in [-0.3, -0.25) is 4.79 Å². The summed E-state index contributed by atoms with van der Waals surface area (Å²) in [5, 5.41) is 121. The van der Waals surface area contributed by atoms with Crippen molar-refractivity contribution in [1.82, 2.24) is 5.32 Å². The maximum atomic E-state index is 13.5. The molecule has 19 heteroatoms. The Morgan fingerprint density at radius 3 is 0.980 bits per heavy atom. The van der Waals surface area contributed by atoms with E-state index in [1.54, 1.807) is 6.08 Å². The number of hydrogen-bond acceptors (Lipinski definition) is 18. The van der Waals surface area contributed by atoms with Gasteiger partial charge in [-0.15, -0.1) is 0 Å². The zero-order valence-corrected chi connectivity index (χ0v) is 64.6. The molecule has 3 saturated heterocycles. The lowest BCUT2D eigenvalue weighted by molar-refractivity contribution is -0.379. The van der Waals surface area contributed by atoms with E-state index in [1.165, 1.54) is 295 Å². The minimum atomic E-state index is -1.98. The standard InChI is InChI=1S/C83H157NO18/c1-3-5-7-9-11-13-15-17-19-21-23-25-27-29-30-31-32-33-34-35-36-37-38-40-42-44-46-48-50-52-54-56-58-60-67(88)66(84-71(89)61-59-57-55-53-51-49-47-45-43-41-39-28-26-24-22-20-18-16-14-12-10-8-6-4-2)65-97-81-77(95)74(92)79(69(63-86)99-81)102-83-78(96)75(93)80(70(64-87)100-83)101-82-76(94)73(91)72(90)68(62-85)98-82/h50,52,58,60,66-70,72-83,85-88,90-96H,3-49,51,53-57,59,61-65H2,1-2H3,(H,84,89)/b52-50+,60-58+. The maximum absolute atomic E-state index is 13.5. The second kappa shape index (κ2) is 64.1. The zero-order valence-electron chi connectivity index (χ0n) is 64.6. The monoisotopic (exact) mass is 1460 g/mol. The molecule has 0 saturated carbocycles. The van der Waals surface area contributed by atoms with E-state index < -0.39 is 124 Å². The van der Waals surface area contributed by atoms with Crippen LogP contribution in [0, 0.1) is 0 Å². The van der Waals surface area contributed by atoms with Gasteiger partial charge in [-0.1, -0.05) is 353 Å². The number of amides is 1. The number of ether oxygens (including phenoxy) is 6. The molecule has 0 aromatic rings. The highest BCUT2D eigenvalue weighted by molar-refractivity contribution is 5.76. The fourth-order valence-electron chi connectivity index (χ4n) is 14.7. The molecule has 1 amide bonds. The number of carbonyl (C=O) groups is 1. The summed E-state index contributed by atoms with van der Waals surface area (Å²) in [5.41, 5.74) is 0. The van der Waals surface area contributed by atoms with Gasteiger partial charge in [-0.2, -0.15) is 0 Å². The molecular formula is C83H157NO18. The highest BCUT2D eigenvalue weighted by Gasteiger charge is 2.54. The summed E-state index contributed by atoms with van der Waals surface area (Å²) in [6.07, 6.45) is 51.9. The Bertz CT molecular complexity index is 1940. The summed E-state index contributed by atoms with van der Waals surface area (Å²) < 4.78 is 34.5. The van der Waals surface area contributed by atoms with Crippen LogP contribution in [0.2, 0.25) is 0 Å². The first kappa shape index (κ1) is 94.5. The Balaban J connectivity index is 1.36. The molecule has 3 heterocycles. The van der Waals surface area contributed by atoms with E-state index in [0.717, 1.165) is 38.5 Å². The van der Waals surface area contributed by atoms with E-state index in [2.05, 4.69) is 31.3 Å². The summed E-state index contributed by atoms with van der Waals surface area (Å²) >= 11 is 0. The van der Waals surface area contributed by atoms with E-state index in [4.69, 9.17) is 28.4 Å². The maximum Gasteiger partial charge on any atom is 0.220 e. The number of unbranched alkanes of at least 4 members (excludes halogenated alkanes) is 51. The molecule has 102 heavy (non-hydrogen) atoms. The van der Waals surface area contributed by atoms with Crippen molar-refractivity contribution in [3.63, 3.8) is 0 Å². The first-order valence-corrected chi connectivity index (χ1v) is 42.6. The topological polar surface area (TPSA) is 307 Å². The summed E-state index contributed by atoms with van der Waals surface area (Å²) in [6.45, 7) is 1.79. The van der Waals surface area contributed by atoms with Gasteiger partial charge in [0.25, 0.3) is 0 Å². The predicted molar refractivity (Wildman–Crippen MR) is 406 cm³/mol. The molecule has 602 valence electrons. The smallest absolute Gasteiger partial charge is 0.220 e. The molecule has 3 aliphatic rings. The van der Waals surface area contributed by atoms with Gasteiger partial charge in [0.05, 0.1) is 38.6 Å². The van der Waals surface area contributed by atoms with Gasteiger partial charge in [0, 0.05) is 6.42 Å². The van der Waals surface area contributed by atoms with Crippen LogP contribution in [0.4, 0.5) is 0 Å². The Labute approximate surface area is 619 Å². The second-order valence-corrected chi connectivity index (χ2v) is 30.6. The molecule has 0 aromatic heterocycles. The van der Waals surface area contributed by atoms with Gasteiger partial charge in [0.1, 0.15) is 73.2 Å². The van der Waals surface area contributed by atoms with Gasteiger partial charge < -0.3 is 89.9 Å². The highest BCUT2D eigenvalue weighted by atomic mass is 16.8. The van der Waals surface area contributed by atoms with E-state index in [1.807, 2.05) is 6.08 Å². The molecule has 12 N–H and O–H groups in total. The summed E-state index contributed by atoms with van der Waals surface area (Å²) in [5.74, 6) is -0.277. The average Bonchev–Trinajstić information content (AvgIpc) is 0.777. The second-order valence-electron chi connectivity index (χ2n) is 30.6. The van der Waals surface area contributed by atoms with E-state index in [-0.39, 0.29) is 18.9 Å². The normalized spacial score (nSPS) is 26.2. The number of hydrogen-bond donors (Lipinski definition) is 12. The Morgan fingerprint density at radius 1 is 0.343 bits per heavy atom. The van der Waals surface area contributed by atoms with Crippen LogP contribution in [0.1, 0.15) is 367 Å². The third-order valence-corrected chi connectivity index (χ3v) is 21.5. The molecule has 0 aliphatic carbocycles. The van der Waals surface area contributed by atoms with Crippen LogP contribution in [0.5, 0.6) is 0 Å². The molecule has 0 radical (unpaired) electrons. The molecule has 3 aliphatic heterocycles. The summed E-state index contributed by atoms with van der Waals surface area (Å²) in [6, 6.07) is -0.989. The fraction of sp³-hybridized carbons (Fsp3) is 0.940. The zero-order chi connectivity index (χ0) is 73.9. The van der Waals surface area contributed by atoms with E-state index >= 15 is 0 Å². The molecule has 0 aromatic carbocycles. The third-order valence-electron chi connectivity index (χ3n) is 21.5. The van der Waals surface area contributed by atoms with Crippen molar-refractivity contribution in [1.29, 1.82) is 0 Å². The molecule has 0 spiro atoms. The van der Waals surface area contributed by atoms with Crippen molar-refractivity contribution in [2.75, 3.05) is 26.4 Å². The van der Waals surface area contributed by atoms with Crippen molar-refractivity contribution in [3.05, 3.63) is 24.3 Å². The van der Waals surface area contributed by atoms with Gasteiger partial charge in [0.15, 0.2) is 18.9 Å². The predicted octanol–water partition coefficient (Wildman–Crippen LogP) is 14.9. The van der Waals surface area contributed by atoms with E-state index in [9.17, 15) is 61.0 Å². The molecular weight excluding hydrogens is 1300 g/mol. The van der Waals surface area contributed by atoms with Crippen LogP contribution in [-0.2, 0) is 33.2 Å². The van der Waals surface area contributed by atoms with Gasteiger partial charge >= 0.3 is 0 Å². The Hall–Kier alpha value is -1.73. The minimum Gasteiger partial charge on any atom is -0.394 e. The minimum absolute atomic E-state index is 0.241. The van der Waals surface area contributed by atoms with Crippen LogP contribution < -0.4 is 5.32 Å². The summed E-state index contributed by atoms with van der Waals surface area (Å²) in [4.78, 5) is 13.5. The van der Waals surface area contributed by atoms with Gasteiger partial charge in [-0.25, -0.2) is 0 Å². The summed E-state index contributed by atoms with van der Waals surface area (Å²) in [7, 11) is 0. The van der Waals surface area contributed by atoms with Crippen LogP contribution in [0.15, 0.2) is 24.3 Å². The number of carbonyl (C=O) groups excluding carboxylic acids is 1. The fourth-order valence-corrected chi connectivity index (χ4v) is 14.7. The largest absolute Gasteiger partial charge is 0.394 e. The van der Waals surface area contributed by atoms with Crippen LogP contribution in [0.25, 0.3) is 0 Å².